The van der Waals surface area contributed by atoms with Gasteiger partial charge in [0, 0.05) is 10.0 Å². The highest BCUT2D eigenvalue weighted by molar-refractivity contribution is 9.10. The summed E-state index contributed by atoms with van der Waals surface area (Å²) in [5, 5.41) is 0. The van der Waals surface area contributed by atoms with Crippen molar-refractivity contribution < 1.29 is 4.74 Å². The van der Waals surface area contributed by atoms with Crippen LogP contribution in [0.15, 0.2) is 53.0 Å². The second kappa shape index (κ2) is 2.81. The van der Waals surface area contributed by atoms with Crippen molar-refractivity contribution in [3.63, 3.8) is 0 Å². The number of fused-ring (bicyclic) bond motifs is 1. The molecule has 1 heterocycles. The third-order valence-electron chi connectivity index (χ3n) is 2.72. The minimum atomic E-state index is -0.186. The molecule has 1 fully saturated rings. The number of epoxide rings is 1. The number of rotatable bonds is 1. The zero-order chi connectivity index (χ0) is 9.60. The molecule has 2 unspecified atom stereocenters. The summed E-state index contributed by atoms with van der Waals surface area (Å²) in [5.41, 5.74) is 1.03. The maximum atomic E-state index is 5.73. The summed E-state index contributed by atoms with van der Waals surface area (Å²) < 4.78 is 6.84. The molecule has 2 atom stereocenters. The van der Waals surface area contributed by atoms with Gasteiger partial charge in [-0.05, 0) is 12.1 Å². The van der Waals surface area contributed by atoms with Crippen molar-refractivity contribution in [3.05, 3.63) is 58.6 Å². The summed E-state index contributed by atoms with van der Waals surface area (Å²) in [4.78, 5) is 0. The third kappa shape index (κ3) is 1.04. The first-order chi connectivity index (χ1) is 6.83. The average Bonchev–Trinajstić information content (AvgIpc) is 2.93. The van der Waals surface area contributed by atoms with E-state index in [0.717, 1.165) is 4.47 Å². The fraction of sp³-hybridized carbons (Fsp3) is 0.167. The molecule has 70 valence electrons. The first kappa shape index (κ1) is 8.45. The Balaban J connectivity index is 2.09. The Bertz CT molecular complexity index is 436. The lowest BCUT2D eigenvalue weighted by molar-refractivity contribution is 0.345. The Kier molecular flexibility index (Phi) is 1.70. The minimum Gasteiger partial charge on any atom is -0.352 e. The van der Waals surface area contributed by atoms with Crippen LogP contribution in [0.1, 0.15) is 5.56 Å². The van der Waals surface area contributed by atoms with E-state index in [1.807, 2.05) is 24.3 Å². The van der Waals surface area contributed by atoms with E-state index in [2.05, 4.69) is 40.2 Å². The Labute approximate surface area is 91.2 Å². The third-order valence-corrected chi connectivity index (χ3v) is 3.41. The first-order valence-electron chi connectivity index (χ1n) is 4.62. The Morgan fingerprint density at radius 2 is 2.07 bits per heavy atom. The van der Waals surface area contributed by atoms with E-state index in [4.69, 9.17) is 4.74 Å². The predicted molar refractivity (Wildman–Crippen MR) is 59.0 cm³/mol. The number of halogens is 1. The van der Waals surface area contributed by atoms with Crippen LogP contribution in [0.25, 0.3) is 0 Å². The molecule has 1 saturated heterocycles. The SMILES string of the molecule is Brc1ccccc1C12C=CC=CC1O2. The molecule has 1 aliphatic carbocycles. The molecular formula is C12H9BrO. The van der Waals surface area contributed by atoms with E-state index in [1.165, 1.54) is 5.56 Å². The number of hydrogen-bond acceptors (Lipinski definition) is 1. The van der Waals surface area contributed by atoms with E-state index >= 15 is 0 Å². The van der Waals surface area contributed by atoms with E-state index in [0.29, 0.717) is 0 Å². The normalized spacial score (nSPS) is 32.8. The first-order valence-corrected chi connectivity index (χ1v) is 5.41. The van der Waals surface area contributed by atoms with Crippen LogP contribution in [0.5, 0.6) is 0 Å². The number of ether oxygens (including phenoxy) is 1. The van der Waals surface area contributed by atoms with Crippen LogP contribution in [0.3, 0.4) is 0 Å². The molecule has 3 rings (SSSR count). The molecule has 0 radical (unpaired) electrons. The summed E-state index contributed by atoms with van der Waals surface area (Å²) in [7, 11) is 0. The zero-order valence-corrected chi connectivity index (χ0v) is 9.07. The van der Waals surface area contributed by atoms with Crippen molar-refractivity contribution >= 4 is 15.9 Å². The number of allylic oxidation sites excluding steroid dienone is 2. The van der Waals surface area contributed by atoms with Gasteiger partial charge in [0.15, 0.2) is 0 Å². The highest BCUT2D eigenvalue weighted by atomic mass is 79.9. The van der Waals surface area contributed by atoms with Gasteiger partial charge in [0.2, 0.25) is 0 Å². The fourth-order valence-electron chi connectivity index (χ4n) is 1.94. The molecule has 2 aliphatic rings. The predicted octanol–water partition coefficient (Wildman–Crippen LogP) is 3.17. The van der Waals surface area contributed by atoms with Crippen molar-refractivity contribution in [2.45, 2.75) is 11.7 Å². The van der Waals surface area contributed by atoms with Crippen molar-refractivity contribution in [2.24, 2.45) is 0 Å². The van der Waals surface area contributed by atoms with E-state index in [9.17, 15) is 0 Å². The highest BCUT2D eigenvalue weighted by Crippen LogP contribution is 2.51. The molecule has 0 saturated carbocycles. The van der Waals surface area contributed by atoms with Crippen LogP contribution in [0.4, 0.5) is 0 Å². The highest BCUT2D eigenvalue weighted by Gasteiger charge is 2.55. The molecule has 1 aromatic rings. The molecule has 1 aromatic carbocycles. The Morgan fingerprint density at radius 1 is 1.21 bits per heavy atom. The van der Waals surface area contributed by atoms with Gasteiger partial charge in [-0.1, -0.05) is 52.4 Å². The number of benzene rings is 1. The summed E-state index contributed by atoms with van der Waals surface area (Å²) in [6.07, 6.45) is 8.53. The summed E-state index contributed by atoms with van der Waals surface area (Å²) in [5.74, 6) is 0. The van der Waals surface area contributed by atoms with Crippen LogP contribution in [0.2, 0.25) is 0 Å². The van der Waals surface area contributed by atoms with Gasteiger partial charge in [-0.25, -0.2) is 0 Å². The lowest BCUT2D eigenvalue weighted by Gasteiger charge is -2.11. The van der Waals surface area contributed by atoms with Crippen molar-refractivity contribution in [1.29, 1.82) is 0 Å². The Hall–Kier alpha value is -0.860. The molecule has 0 bridgehead atoms. The van der Waals surface area contributed by atoms with Gasteiger partial charge in [0.05, 0.1) is 0 Å². The number of hydrogen-bond donors (Lipinski definition) is 0. The van der Waals surface area contributed by atoms with Crippen LogP contribution >= 0.6 is 15.9 Å². The van der Waals surface area contributed by atoms with Crippen molar-refractivity contribution in [1.82, 2.24) is 0 Å². The molecule has 1 nitrogen and oxygen atoms in total. The topological polar surface area (TPSA) is 12.5 Å². The van der Waals surface area contributed by atoms with Crippen LogP contribution in [-0.4, -0.2) is 6.10 Å². The van der Waals surface area contributed by atoms with Crippen molar-refractivity contribution in [3.8, 4) is 0 Å². The van der Waals surface area contributed by atoms with Gasteiger partial charge >= 0.3 is 0 Å². The minimum absolute atomic E-state index is 0.186. The monoisotopic (exact) mass is 248 g/mol. The van der Waals surface area contributed by atoms with Gasteiger partial charge in [-0.15, -0.1) is 0 Å². The maximum absolute atomic E-state index is 5.73. The molecule has 0 amide bonds. The molecule has 0 spiro atoms. The lowest BCUT2D eigenvalue weighted by Crippen LogP contribution is -2.10. The second-order valence-corrected chi connectivity index (χ2v) is 4.41. The van der Waals surface area contributed by atoms with Gasteiger partial charge in [0.25, 0.3) is 0 Å². The Morgan fingerprint density at radius 3 is 2.86 bits per heavy atom. The van der Waals surface area contributed by atoms with Crippen LogP contribution in [-0.2, 0) is 10.3 Å². The summed E-state index contributed by atoms with van der Waals surface area (Å²) in [6, 6.07) is 8.21. The lowest BCUT2D eigenvalue weighted by atomic mass is 9.92. The van der Waals surface area contributed by atoms with E-state index < -0.39 is 0 Å². The van der Waals surface area contributed by atoms with Gasteiger partial charge in [0.1, 0.15) is 11.7 Å². The quantitative estimate of drug-likeness (QED) is 0.696. The fourth-order valence-corrected chi connectivity index (χ4v) is 2.54. The van der Waals surface area contributed by atoms with Crippen LogP contribution < -0.4 is 0 Å². The smallest absolute Gasteiger partial charge is 0.143 e. The van der Waals surface area contributed by atoms with E-state index in [-0.39, 0.29) is 11.7 Å². The van der Waals surface area contributed by atoms with Gasteiger partial charge in [-0.3, -0.25) is 0 Å². The van der Waals surface area contributed by atoms with Gasteiger partial charge in [-0.2, -0.15) is 0 Å². The summed E-state index contributed by atoms with van der Waals surface area (Å²) >= 11 is 3.56. The molecule has 14 heavy (non-hydrogen) atoms. The van der Waals surface area contributed by atoms with E-state index in [1.54, 1.807) is 0 Å². The zero-order valence-electron chi connectivity index (χ0n) is 7.48. The van der Waals surface area contributed by atoms with Gasteiger partial charge < -0.3 is 4.74 Å². The summed E-state index contributed by atoms with van der Waals surface area (Å²) in [6.45, 7) is 0. The molecular weight excluding hydrogens is 240 g/mol. The molecule has 1 aliphatic heterocycles. The molecule has 2 heteroatoms. The molecule has 0 aromatic heterocycles. The van der Waals surface area contributed by atoms with Crippen LogP contribution in [0, 0.1) is 0 Å². The standard InChI is InChI=1S/C12H9BrO/c13-10-6-2-1-5-9(10)12-8-4-3-7-11(12)14-12/h1-8,11H. The maximum Gasteiger partial charge on any atom is 0.143 e. The largest absolute Gasteiger partial charge is 0.352 e. The average molecular weight is 249 g/mol. The second-order valence-electron chi connectivity index (χ2n) is 3.56. The van der Waals surface area contributed by atoms with Crippen molar-refractivity contribution in [2.75, 3.05) is 0 Å². The molecule has 0 N–H and O–H groups in total.